The summed E-state index contributed by atoms with van der Waals surface area (Å²) in [6, 6.07) is 9.81. The van der Waals surface area contributed by atoms with Crippen LogP contribution in [0.2, 0.25) is 0 Å². The zero-order chi connectivity index (χ0) is 14.5. The molecule has 0 bridgehead atoms. The number of nitrogens with zero attached hydrogens (tertiary/aromatic N) is 1. The van der Waals surface area contributed by atoms with Crippen molar-refractivity contribution in [3.05, 3.63) is 59.4 Å². The highest BCUT2D eigenvalue weighted by Gasteiger charge is 2.10. The Balaban J connectivity index is 0.00000176. The quantitative estimate of drug-likeness (QED) is 0.943. The van der Waals surface area contributed by atoms with Crippen LogP contribution in [0.1, 0.15) is 27.9 Å². The van der Waals surface area contributed by atoms with Gasteiger partial charge in [0, 0.05) is 18.9 Å². The molecule has 0 saturated carbocycles. The highest BCUT2D eigenvalue weighted by Crippen LogP contribution is 2.25. The van der Waals surface area contributed by atoms with Gasteiger partial charge in [-0.15, -0.1) is 12.4 Å². The Morgan fingerprint density at radius 1 is 1.32 bits per heavy atom. The summed E-state index contributed by atoms with van der Waals surface area (Å²) in [7, 11) is 0. The normalized spacial score (nSPS) is 12.5. The van der Waals surface area contributed by atoms with Crippen LogP contribution in [0.15, 0.2) is 42.7 Å². The van der Waals surface area contributed by atoms with Gasteiger partial charge < -0.3 is 10.1 Å². The van der Waals surface area contributed by atoms with E-state index in [2.05, 4.69) is 22.4 Å². The molecule has 0 aliphatic carbocycles. The van der Waals surface area contributed by atoms with Crippen LogP contribution < -0.4 is 10.1 Å². The van der Waals surface area contributed by atoms with Crippen molar-refractivity contribution in [2.75, 3.05) is 13.2 Å². The Hall–Kier alpha value is -2.07. The number of halogens is 1. The number of rotatable bonds is 4. The molecule has 1 aliphatic rings. The van der Waals surface area contributed by atoms with Crippen molar-refractivity contribution in [2.24, 2.45) is 0 Å². The lowest BCUT2D eigenvalue weighted by Crippen LogP contribution is -2.25. The summed E-state index contributed by atoms with van der Waals surface area (Å²) < 4.78 is 5.60. The van der Waals surface area contributed by atoms with Gasteiger partial charge >= 0.3 is 0 Å². The average Bonchev–Trinajstić information content (AvgIpc) is 2.55. The second kappa shape index (κ2) is 7.80. The molecule has 0 unspecified atom stereocenters. The minimum absolute atomic E-state index is 0. The largest absolute Gasteiger partial charge is 0.493 e. The average molecular weight is 319 g/mol. The molecule has 1 aliphatic heterocycles. The number of fused-ring (bicyclic) bond motifs is 1. The molecule has 1 N–H and O–H groups in total. The van der Waals surface area contributed by atoms with Crippen LogP contribution in [-0.4, -0.2) is 24.0 Å². The Morgan fingerprint density at radius 3 is 3.05 bits per heavy atom. The molecule has 4 nitrogen and oxygen atoms in total. The number of aromatic nitrogens is 1. The lowest BCUT2D eigenvalue weighted by molar-refractivity contribution is 0.0954. The number of pyridine rings is 1. The zero-order valence-corrected chi connectivity index (χ0v) is 13.1. The molecule has 3 rings (SSSR count). The van der Waals surface area contributed by atoms with E-state index in [0.29, 0.717) is 12.1 Å². The van der Waals surface area contributed by atoms with Crippen molar-refractivity contribution in [3.63, 3.8) is 0 Å². The fraction of sp³-hybridized carbons (Fsp3) is 0.294. The van der Waals surface area contributed by atoms with E-state index < -0.39 is 0 Å². The van der Waals surface area contributed by atoms with Gasteiger partial charge in [-0.05, 0) is 48.6 Å². The lowest BCUT2D eigenvalue weighted by atomic mass is 10.0. The van der Waals surface area contributed by atoms with Gasteiger partial charge in [0.1, 0.15) is 5.75 Å². The summed E-state index contributed by atoms with van der Waals surface area (Å²) in [6.45, 7) is 1.43. The second-order valence-corrected chi connectivity index (χ2v) is 5.14. The maximum absolute atomic E-state index is 11.9. The fourth-order valence-electron chi connectivity index (χ4n) is 2.49. The number of carbonyl (C=O) groups is 1. The summed E-state index contributed by atoms with van der Waals surface area (Å²) in [5.41, 5.74) is 3.10. The third-order valence-corrected chi connectivity index (χ3v) is 3.60. The Morgan fingerprint density at radius 2 is 2.23 bits per heavy atom. The van der Waals surface area contributed by atoms with E-state index in [-0.39, 0.29) is 18.3 Å². The predicted molar refractivity (Wildman–Crippen MR) is 87.8 cm³/mol. The summed E-state index contributed by atoms with van der Waals surface area (Å²) >= 11 is 0. The summed E-state index contributed by atoms with van der Waals surface area (Å²) in [4.78, 5) is 15.8. The minimum Gasteiger partial charge on any atom is -0.493 e. The first kappa shape index (κ1) is 16.3. The smallest absolute Gasteiger partial charge is 0.252 e. The van der Waals surface area contributed by atoms with E-state index in [4.69, 9.17) is 4.74 Å². The van der Waals surface area contributed by atoms with Crippen LogP contribution in [0.5, 0.6) is 5.75 Å². The van der Waals surface area contributed by atoms with Crippen molar-refractivity contribution >= 4 is 18.3 Å². The van der Waals surface area contributed by atoms with E-state index >= 15 is 0 Å². The monoisotopic (exact) mass is 318 g/mol. The van der Waals surface area contributed by atoms with Crippen LogP contribution in [0.25, 0.3) is 0 Å². The second-order valence-electron chi connectivity index (χ2n) is 5.14. The molecular weight excluding hydrogens is 300 g/mol. The van der Waals surface area contributed by atoms with Crippen molar-refractivity contribution in [1.82, 2.24) is 10.3 Å². The van der Waals surface area contributed by atoms with E-state index in [0.717, 1.165) is 31.6 Å². The standard InChI is InChI=1S/C17H18N2O2.ClH/c20-17(15-3-1-8-18-12-15)19-9-7-13-5-6-16-14(11-13)4-2-10-21-16;/h1,3,5-6,8,11-12H,2,4,7,9-10H2,(H,19,20);1H. The molecule has 0 spiro atoms. The number of hydrogen-bond donors (Lipinski definition) is 1. The van der Waals surface area contributed by atoms with Crippen LogP contribution >= 0.6 is 12.4 Å². The first-order valence-corrected chi connectivity index (χ1v) is 7.26. The van der Waals surface area contributed by atoms with Crippen LogP contribution in [0, 0.1) is 0 Å². The number of ether oxygens (including phenoxy) is 1. The van der Waals surface area contributed by atoms with E-state index in [1.165, 1.54) is 11.1 Å². The molecule has 5 heteroatoms. The molecule has 22 heavy (non-hydrogen) atoms. The Kier molecular flexibility index (Phi) is 5.78. The van der Waals surface area contributed by atoms with E-state index in [1.54, 1.807) is 24.5 Å². The van der Waals surface area contributed by atoms with Gasteiger partial charge in [0.2, 0.25) is 0 Å². The first-order valence-electron chi connectivity index (χ1n) is 7.26. The van der Waals surface area contributed by atoms with Crippen LogP contribution in [-0.2, 0) is 12.8 Å². The SMILES string of the molecule is Cl.O=C(NCCc1ccc2c(c1)CCCO2)c1cccnc1. The number of aryl methyl sites for hydroxylation is 1. The maximum atomic E-state index is 11.9. The molecule has 1 aromatic heterocycles. The number of hydrogen-bond acceptors (Lipinski definition) is 3. The summed E-state index contributed by atoms with van der Waals surface area (Å²) in [5, 5.41) is 2.92. The molecule has 0 saturated heterocycles. The number of nitrogens with one attached hydrogen (secondary N) is 1. The summed E-state index contributed by atoms with van der Waals surface area (Å²) in [6.07, 6.45) is 6.20. The Labute approximate surface area is 136 Å². The van der Waals surface area contributed by atoms with Gasteiger partial charge in [-0.1, -0.05) is 12.1 Å². The van der Waals surface area contributed by atoms with Gasteiger partial charge in [0.05, 0.1) is 12.2 Å². The van der Waals surface area contributed by atoms with Gasteiger partial charge in [-0.3, -0.25) is 9.78 Å². The third-order valence-electron chi connectivity index (χ3n) is 3.60. The highest BCUT2D eigenvalue weighted by atomic mass is 35.5. The van der Waals surface area contributed by atoms with Crippen LogP contribution in [0.3, 0.4) is 0 Å². The maximum Gasteiger partial charge on any atom is 0.252 e. The molecule has 2 heterocycles. The molecule has 0 fully saturated rings. The third kappa shape index (κ3) is 3.98. The first-order chi connectivity index (χ1) is 10.3. The van der Waals surface area contributed by atoms with Crippen molar-refractivity contribution in [1.29, 1.82) is 0 Å². The zero-order valence-electron chi connectivity index (χ0n) is 12.2. The summed E-state index contributed by atoms with van der Waals surface area (Å²) in [5.74, 6) is 0.925. The van der Waals surface area contributed by atoms with Crippen LogP contribution in [0.4, 0.5) is 0 Å². The molecule has 1 aromatic carbocycles. The molecule has 116 valence electrons. The topological polar surface area (TPSA) is 51.2 Å². The highest BCUT2D eigenvalue weighted by molar-refractivity contribution is 5.93. The Bertz CT molecular complexity index is 632. The number of benzene rings is 1. The van der Waals surface area contributed by atoms with E-state index in [1.807, 2.05) is 6.07 Å². The van der Waals surface area contributed by atoms with Crippen molar-refractivity contribution < 1.29 is 9.53 Å². The molecular formula is C17H19ClN2O2. The van der Waals surface area contributed by atoms with Gasteiger partial charge in [0.15, 0.2) is 0 Å². The molecule has 1 amide bonds. The number of amides is 1. The van der Waals surface area contributed by atoms with Gasteiger partial charge in [-0.25, -0.2) is 0 Å². The minimum atomic E-state index is -0.0793. The van der Waals surface area contributed by atoms with E-state index in [9.17, 15) is 4.79 Å². The molecule has 2 aromatic rings. The van der Waals surface area contributed by atoms with Crippen molar-refractivity contribution in [3.8, 4) is 5.75 Å². The van der Waals surface area contributed by atoms with Crippen molar-refractivity contribution in [2.45, 2.75) is 19.3 Å². The van der Waals surface area contributed by atoms with Gasteiger partial charge in [0.25, 0.3) is 5.91 Å². The number of carbonyl (C=O) groups excluding carboxylic acids is 1. The fourth-order valence-corrected chi connectivity index (χ4v) is 2.49. The lowest BCUT2D eigenvalue weighted by Gasteiger charge is -2.17. The molecule has 0 atom stereocenters. The molecule has 0 radical (unpaired) electrons. The predicted octanol–water partition coefficient (Wildman–Crippen LogP) is 2.80. The van der Waals surface area contributed by atoms with Gasteiger partial charge in [-0.2, -0.15) is 0 Å².